The van der Waals surface area contributed by atoms with Gasteiger partial charge in [0.15, 0.2) is 4.32 Å². The average molecular weight is 553 g/mol. The normalized spacial score (nSPS) is 15.2. The monoisotopic (exact) mass is 552 g/mol. The predicted octanol–water partition coefficient (Wildman–Crippen LogP) is 3.80. The number of rotatable bonds is 5. The van der Waals surface area contributed by atoms with Crippen LogP contribution in [0.4, 0.5) is 5.69 Å². The molecule has 4 aromatic rings. The summed E-state index contributed by atoms with van der Waals surface area (Å²) in [6.07, 6.45) is 1.56. The zero-order valence-electron chi connectivity index (χ0n) is 19.6. The third kappa shape index (κ3) is 4.48. The van der Waals surface area contributed by atoms with Crippen molar-refractivity contribution >= 4 is 56.0 Å². The van der Waals surface area contributed by atoms with Crippen LogP contribution in [0, 0.1) is 6.92 Å². The molecule has 1 fully saturated rings. The molecule has 188 valence electrons. The second-order valence-electron chi connectivity index (χ2n) is 8.20. The quantitative estimate of drug-likeness (QED) is 0.295. The zero-order valence-corrected chi connectivity index (χ0v) is 22.1. The standard InChI is InChI=1S/C25H20N4O5S3/c1-15-22(24(31)29(27(15)2)17-6-4-3-5-7-17)28-23(30)21(36-25(28)35)14-18-10-13-20(34-18)16-8-11-19(12-9-16)37(26,32)33/h3-14H,1-2H3,(H2,26,32,33)/b21-14-. The molecule has 3 heterocycles. The van der Waals surface area contributed by atoms with Gasteiger partial charge in [-0.15, -0.1) is 0 Å². The Morgan fingerprint density at radius 1 is 1.00 bits per heavy atom. The van der Waals surface area contributed by atoms with Gasteiger partial charge in [0, 0.05) is 18.7 Å². The van der Waals surface area contributed by atoms with Crippen LogP contribution in [0.5, 0.6) is 0 Å². The van der Waals surface area contributed by atoms with Gasteiger partial charge >= 0.3 is 0 Å². The summed E-state index contributed by atoms with van der Waals surface area (Å²) < 4.78 is 32.2. The van der Waals surface area contributed by atoms with E-state index in [0.717, 1.165) is 11.8 Å². The Kier molecular flexibility index (Phi) is 6.28. The van der Waals surface area contributed by atoms with Crippen molar-refractivity contribution in [3.8, 4) is 17.0 Å². The number of hydrogen-bond acceptors (Lipinski definition) is 7. The minimum absolute atomic E-state index is 0.00534. The zero-order chi connectivity index (χ0) is 26.5. The van der Waals surface area contributed by atoms with Crippen molar-refractivity contribution in [3.05, 3.63) is 93.4 Å². The molecular weight excluding hydrogens is 532 g/mol. The molecule has 0 unspecified atom stereocenters. The molecule has 0 radical (unpaired) electrons. The first-order valence-corrected chi connectivity index (χ1v) is 13.7. The fourth-order valence-corrected chi connectivity index (χ4v) is 5.76. The first kappa shape index (κ1) is 25.0. The van der Waals surface area contributed by atoms with Crippen LogP contribution in [0.3, 0.4) is 0 Å². The summed E-state index contributed by atoms with van der Waals surface area (Å²) in [7, 11) is -2.05. The van der Waals surface area contributed by atoms with E-state index in [2.05, 4.69) is 0 Å². The smallest absolute Gasteiger partial charge is 0.296 e. The lowest BCUT2D eigenvalue weighted by Gasteiger charge is -2.12. The maximum atomic E-state index is 13.4. The number of amides is 1. The number of nitrogens with zero attached hydrogens (tertiary/aromatic N) is 3. The summed E-state index contributed by atoms with van der Waals surface area (Å²) in [5.41, 5.74) is 1.75. The van der Waals surface area contributed by atoms with Gasteiger partial charge in [0.25, 0.3) is 11.5 Å². The van der Waals surface area contributed by atoms with E-state index in [1.807, 2.05) is 30.3 Å². The van der Waals surface area contributed by atoms with Crippen LogP contribution in [0.1, 0.15) is 11.5 Å². The lowest BCUT2D eigenvalue weighted by molar-refractivity contribution is -0.113. The number of para-hydroxylation sites is 1. The molecule has 12 heteroatoms. The molecule has 0 atom stereocenters. The first-order valence-electron chi connectivity index (χ1n) is 10.9. The summed E-state index contributed by atoms with van der Waals surface area (Å²) in [6.45, 7) is 1.76. The van der Waals surface area contributed by atoms with E-state index in [1.165, 1.54) is 21.7 Å². The van der Waals surface area contributed by atoms with Crippen LogP contribution in [0.15, 0.2) is 85.7 Å². The molecule has 1 saturated heterocycles. The maximum Gasteiger partial charge on any atom is 0.296 e. The van der Waals surface area contributed by atoms with E-state index in [-0.39, 0.29) is 20.5 Å². The van der Waals surface area contributed by atoms with Crippen LogP contribution in [0.2, 0.25) is 0 Å². The number of anilines is 1. The van der Waals surface area contributed by atoms with Crippen LogP contribution < -0.4 is 15.6 Å². The summed E-state index contributed by atoms with van der Waals surface area (Å²) in [5.74, 6) is 0.460. The Hall–Kier alpha value is -3.71. The lowest BCUT2D eigenvalue weighted by atomic mass is 10.2. The number of carbonyl (C=O) groups excluding carboxylic acids is 1. The maximum absolute atomic E-state index is 13.4. The van der Waals surface area contributed by atoms with Crippen molar-refractivity contribution < 1.29 is 17.6 Å². The van der Waals surface area contributed by atoms with Gasteiger partial charge < -0.3 is 4.42 Å². The lowest BCUT2D eigenvalue weighted by Crippen LogP contribution is -2.33. The molecule has 1 aliphatic heterocycles. The van der Waals surface area contributed by atoms with Gasteiger partial charge in [-0.1, -0.05) is 42.2 Å². The van der Waals surface area contributed by atoms with Crippen molar-refractivity contribution in [2.45, 2.75) is 11.8 Å². The van der Waals surface area contributed by atoms with Crippen molar-refractivity contribution in [2.24, 2.45) is 12.2 Å². The number of carbonyl (C=O) groups is 1. The minimum atomic E-state index is -3.80. The first-order chi connectivity index (χ1) is 17.6. The van der Waals surface area contributed by atoms with Crippen molar-refractivity contribution in [2.75, 3.05) is 4.90 Å². The van der Waals surface area contributed by atoms with Gasteiger partial charge in [-0.25, -0.2) is 18.2 Å². The molecule has 1 aliphatic rings. The molecule has 2 aromatic heterocycles. The SMILES string of the molecule is Cc1c(N2C(=O)/C(=C/c3ccc(-c4ccc(S(N)(=O)=O)cc4)o3)SC2=S)c(=O)n(-c2ccccc2)n1C. The molecule has 0 aliphatic carbocycles. The summed E-state index contributed by atoms with van der Waals surface area (Å²) in [4.78, 5) is 28.3. The predicted molar refractivity (Wildman–Crippen MR) is 147 cm³/mol. The van der Waals surface area contributed by atoms with Gasteiger partial charge in [-0.2, -0.15) is 0 Å². The van der Waals surface area contributed by atoms with Gasteiger partial charge in [-0.05, 0) is 55.5 Å². The minimum Gasteiger partial charge on any atom is -0.457 e. The number of thioether (sulfide) groups is 1. The number of nitrogens with two attached hydrogens (primary N) is 1. The van der Waals surface area contributed by atoms with Crippen LogP contribution >= 0.6 is 24.0 Å². The molecule has 2 aromatic carbocycles. The summed E-state index contributed by atoms with van der Waals surface area (Å²) in [6, 6.07) is 18.5. The van der Waals surface area contributed by atoms with Crippen molar-refractivity contribution in [3.63, 3.8) is 0 Å². The van der Waals surface area contributed by atoms with Gasteiger partial charge in [-0.3, -0.25) is 19.2 Å². The average Bonchev–Trinajstić information content (AvgIpc) is 3.50. The molecule has 1 amide bonds. The third-order valence-electron chi connectivity index (χ3n) is 5.91. The Bertz CT molecular complexity index is 1750. The van der Waals surface area contributed by atoms with Crippen LogP contribution in [-0.4, -0.2) is 28.0 Å². The van der Waals surface area contributed by atoms with Gasteiger partial charge in [0.1, 0.15) is 17.2 Å². The molecule has 37 heavy (non-hydrogen) atoms. The Morgan fingerprint density at radius 2 is 1.68 bits per heavy atom. The third-order valence-corrected chi connectivity index (χ3v) is 8.14. The number of thiocarbonyl (C=S) groups is 1. The number of furan rings is 1. The molecule has 5 rings (SSSR count). The second-order valence-corrected chi connectivity index (χ2v) is 11.4. The van der Waals surface area contributed by atoms with E-state index in [0.29, 0.717) is 33.4 Å². The topological polar surface area (TPSA) is 121 Å². The second kappa shape index (κ2) is 9.30. The van der Waals surface area contributed by atoms with E-state index in [1.54, 1.807) is 49.0 Å². The fourth-order valence-electron chi connectivity index (χ4n) is 4.00. The molecule has 0 spiro atoms. The van der Waals surface area contributed by atoms with Gasteiger partial charge in [0.2, 0.25) is 10.0 Å². The number of benzene rings is 2. The molecule has 2 N–H and O–H groups in total. The highest BCUT2D eigenvalue weighted by Gasteiger charge is 2.38. The van der Waals surface area contributed by atoms with E-state index < -0.39 is 15.9 Å². The van der Waals surface area contributed by atoms with Crippen molar-refractivity contribution in [1.82, 2.24) is 9.36 Å². The Labute approximate surface area is 221 Å². The summed E-state index contributed by atoms with van der Waals surface area (Å²) in [5, 5.41) is 5.15. The number of hydrogen-bond donors (Lipinski definition) is 1. The van der Waals surface area contributed by atoms with Gasteiger partial charge in [0.05, 0.1) is 21.2 Å². The Balaban J connectivity index is 1.45. The number of sulfonamides is 1. The highest BCUT2D eigenvalue weighted by atomic mass is 32.2. The van der Waals surface area contributed by atoms with Crippen molar-refractivity contribution in [1.29, 1.82) is 0 Å². The molecule has 0 saturated carbocycles. The number of aromatic nitrogens is 2. The number of primary sulfonamides is 1. The highest BCUT2D eigenvalue weighted by Crippen LogP contribution is 2.37. The molecular formula is C25H20N4O5S3. The van der Waals surface area contributed by atoms with E-state index in [9.17, 15) is 18.0 Å². The highest BCUT2D eigenvalue weighted by molar-refractivity contribution is 8.27. The van der Waals surface area contributed by atoms with E-state index in [4.69, 9.17) is 21.8 Å². The largest absolute Gasteiger partial charge is 0.457 e. The molecule has 0 bridgehead atoms. The summed E-state index contributed by atoms with van der Waals surface area (Å²) >= 11 is 6.57. The fraction of sp³-hybridized carbons (Fsp3) is 0.0800. The van der Waals surface area contributed by atoms with E-state index >= 15 is 0 Å². The van der Waals surface area contributed by atoms with Crippen LogP contribution in [0.25, 0.3) is 23.1 Å². The molecule has 9 nitrogen and oxygen atoms in total. The Morgan fingerprint density at radius 3 is 2.32 bits per heavy atom. The van der Waals surface area contributed by atoms with Crippen LogP contribution in [-0.2, 0) is 21.9 Å².